The molecule has 2 aromatic carbocycles. The summed E-state index contributed by atoms with van der Waals surface area (Å²) < 4.78 is 6.54. The molecule has 0 aliphatic carbocycles. The molecule has 0 spiro atoms. The Morgan fingerprint density at radius 1 is 0.947 bits per heavy atom. The van der Waals surface area contributed by atoms with E-state index in [1.165, 1.54) is 16.7 Å². The van der Waals surface area contributed by atoms with Crippen molar-refractivity contribution in [3.63, 3.8) is 0 Å². The highest BCUT2D eigenvalue weighted by Gasteiger charge is 2.08. The van der Waals surface area contributed by atoms with Gasteiger partial charge in [-0.2, -0.15) is 0 Å². The molecule has 0 aliphatic heterocycles. The average molecular weight is 366 g/mol. The van der Waals surface area contributed by atoms with E-state index >= 15 is 0 Å². The van der Waals surface area contributed by atoms with Crippen molar-refractivity contribution in [3.8, 4) is 5.75 Å². The number of benzene rings is 2. The highest BCUT2D eigenvalue weighted by atomic mass is 127. The Kier molecular flexibility index (Phi) is 5.25. The number of ether oxygens (including phenoxy) is 1. The minimum atomic E-state index is 0.416. The summed E-state index contributed by atoms with van der Waals surface area (Å²) in [5.74, 6) is 1.36. The van der Waals surface area contributed by atoms with Gasteiger partial charge in [0.05, 0.1) is 6.61 Å². The van der Waals surface area contributed by atoms with Crippen molar-refractivity contribution in [2.45, 2.75) is 24.2 Å². The van der Waals surface area contributed by atoms with Crippen molar-refractivity contribution in [1.82, 2.24) is 0 Å². The first-order valence-electron chi connectivity index (χ1n) is 6.62. The van der Waals surface area contributed by atoms with Crippen LogP contribution in [0.25, 0.3) is 0 Å². The number of rotatable bonds is 5. The van der Waals surface area contributed by atoms with Crippen LogP contribution in [0, 0.1) is 0 Å². The molecule has 19 heavy (non-hydrogen) atoms. The zero-order valence-electron chi connectivity index (χ0n) is 11.4. The monoisotopic (exact) mass is 366 g/mol. The Labute approximate surface area is 129 Å². The molecule has 0 amide bonds. The summed E-state index contributed by atoms with van der Waals surface area (Å²) in [5.41, 5.74) is 4.06. The number of alkyl halides is 1. The largest absolute Gasteiger partial charge is 0.494 e. The van der Waals surface area contributed by atoms with Crippen LogP contribution in [-0.4, -0.2) is 6.61 Å². The van der Waals surface area contributed by atoms with Gasteiger partial charge in [0.25, 0.3) is 0 Å². The summed E-state index contributed by atoms with van der Waals surface area (Å²) >= 11 is 2.39. The van der Waals surface area contributed by atoms with E-state index in [-0.39, 0.29) is 0 Å². The van der Waals surface area contributed by atoms with Crippen LogP contribution >= 0.6 is 22.6 Å². The summed E-state index contributed by atoms with van der Waals surface area (Å²) in [4.78, 5) is 0. The highest BCUT2D eigenvalue weighted by molar-refractivity contribution is 14.1. The molecule has 1 unspecified atom stereocenters. The van der Waals surface area contributed by atoms with Crippen LogP contribution in [0.4, 0.5) is 0 Å². The first-order chi connectivity index (χ1) is 9.24. The number of hydrogen-bond acceptors (Lipinski definition) is 1. The third-order valence-electron chi connectivity index (χ3n) is 3.33. The third kappa shape index (κ3) is 3.72. The van der Waals surface area contributed by atoms with Gasteiger partial charge in [-0.05, 0) is 35.7 Å². The molecular weight excluding hydrogens is 347 g/mol. The molecule has 2 aromatic rings. The molecule has 0 saturated carbocycles. The van der Waals surface area contributed by atoms with E-state index in [2.05, 4.69) is 78.0 Å². The van der Waals surface area contributed by atoms with Crippen LogP contribution < -0.4 is 4.74 Å². The van der Waals surface area contributed by atoms with Gasteiger partial charge >= 0.3 is 0 Å². The molecule has 1 atom stereocenters. The number of hydrogen-bond donors (Lipinski definition) is 0. The maximum absolute atomic E-state index is 5.48. The van der Waals surface area contributed by atoms with Crippen molar-refractivity contribution in [3.05, 3.63) is 65.2 Å². The van der Waals surface area contributed by atoms with Gasteiger partial charge in [0, 0.05) is 10.3 Å². The minimum Gasteiger partial charge on any atom is -0.494 e. The maximum atomic E-state index is 5.48. The molecule has 0 heterocycles. The van der Waals surface area contributed by atoms with Gasteiger partial charge < -0.3 is 4.74 Å². The van der Waals surface area contributed by atoms with E-state index in [4.69, 9.17) is 4.74 Å². The van der Waals surface area contributed by atoms with Gasteiger partial charge in [-0.15, -0.1) is 0 Å². The fourth-order valence-corrected chi connectivity index (χ4v) is 2.62. The summed E-state index contributed by atoms with van der Waals surface area (Å²) in [6.07, 6.45) is 0. The lowest BCUT2D eigenvalue weighted by Gasteiger charge is -2.13. The Morgan fingerprint density at radius 3 is 1.95 bits per heavy atom. The Morgan fingerprint density at radius 2 is 1.47 bits per heavy atom. The Bertz CT molecular complexity index is 502. The average Bonchev–Trinajstić information content (AvgIpc) is 2.48. The SMILES string of the molecule is CCOc1ccc(C(C)c2ccc(CI)cc2)cc1. The predicted octanol–water partition coefficient (Wildman–Crippen LogP) is 5.17. The van der Waals surface area contributed by atoms with E-state index in [1.807, 2.05) is 6.92 Å². The highest BCUT2D eigenvalue weighted by Crippen LogP contribution is 2.26. The van der Waals surface area contributed by atoms with Crippen molar-refractivity contribution >= 4 is 22.6 Å². The van der Waals surface area contributed by atoms with E-state index < -0.39 is 0 Å². The first kappa shape index (κ1) is 14.4. The van der Waals surface area contributed by atoms with Gasteiger partial charge in [0.15, 0.2) is 0 Å². The third-order valence-corrected chi connectivity index (χ3v) is 4.21. The van der Waals surface area contributed by atoms with Crippen molar-refractivity contribution in [2.75, 3.05) is 6.61 Å². The molecule has 2 heteroatoms. The summed E-state index contributed by atoms with van der Waals surface area (Å²) in [6.45, 7) is 4.96. The van der Waals surface area contributed by atoms with Gasteiger partial charge in [-0.25, -0.2) is 0 Å². The van der Waals surface area contributed by atoms with E-state index in [0.29, 0.717) is 12.5 Å². The lowest BCUT2D eigenvalue weighted by molar-refractivity contribution is 0.340. The van der Waals surface area contributed by atoms with Gasteiger partial charge in [0.1, 0.15) is 5.75 Å². The molecule has 0 saturated heterocycles. The minimum absolute atomic E-state index is 0.416. The smallest absolute Gasteiger partial charge is 0.119 e. The van der Waals surface area contributed by atoms with E-state index in [1.54, 1.807) is 0 Å². The molecule has 0 bridgehead atoms. The summed E-state index contributed by atoms with van der Waals surface area (Å²) in [5, 5.41) is 0. The van der Waals surface area contributed by atoms with Gasteiger partial charge in [0.2, 0.25) is 0 Å². The van der Waals surface area contributed by atoms with Crippen LogP contribution in [0.2, 0.25) is 0 Å². The van der Waals surface area contributed by atoms with E-state index in [9.17, 15) is 0 Å². The second-order valence-electron chi connectivity index (χ2n) is 4.60. The Hall–Kier alpha value is -1.03. The predicted molar refractivity (Wildman–Crippen MR) is 89.3 cm³/mol. The zero-order chi connectivity index (χ0) is 13.7. The lowest BCUT2D eigenvalue weighted by Crippen LogP contribution is -1.97. The standard InChI is InChI=1S/C17H19IO/c1-3-19-17-10-8-16(9-11-17)13(2)15-6-4-14(12-18)5-7-15/h4-11,13H,3,12H2,1-2H3. The topological polar surface area (TPSA) is 9.23 Å². The molecule has 2 rings (SSSR count). The second-order valence-corrected chi connectivity index (χ2v) is 5.36. The second kappa shape index (κ2) is 6.94. The maximum Gasteiger partial charge on any atom is 0.119 e. The van der Waals surface area contributed by atoms with Crippen molar-refractivity contribution in [1.29, 1.82) is 0 Å². The van der Waals surface area contributed by atoms with Crippen molar-refractivity contribution < 1.29 is 4.74 Å². The van der Waals surface area contributed by atoms with Crippen LogP contribution in [0.15, 0.2) is 48.5 Å². The fourth-order valence-electron chi connectivity index (χ4n) is 2.11. The summed E-state index contributed by atoms with van der Waals surface area (Å²) in [6, 6.07) is 17.3. The quantitative estimate of drug-likeness (QED) is 0.524. The fraction of sp³-hybridized carbons (Fsp3) is 0.294. The molecule has 0 radical (unpaired) electrons. The zero-order valence-corrected chi connectivity index (χ0v) is 13.6. The molecule has 0 aliphatic rings. The van der Waals surface area contributed by atoms with Crippen molar-refractivity contribution in [2.24, 2.45) is 0 Å². The first-order valence-corrected chi connectivity index (χ1v) is 8.14. The van der Waals surface area contributed by atoms with Crippen LogP contribution in [0.1, 0.15) is 36.5 Å². The summed E-state index contributed by atoms with van der Waals surface area (Å²) in [7, 11) is 0. The van der Waals surface area contributed by atoms with Crippen LogP contribution in [0.3, 0.4) is 0 Å². The molecule has 1 nitrogen and oxygen atoms in total. The molecule has 0 aromatic heterocycles. The molecule has 0 N–H and O–H groups in total. The van der Waals surface area contributed by atoms with Crippen LogP contribution in [-0.2, 0) is 4.43 Å². The molecule has 100 valence electrons. The Balaban J connectivity index is 2.15. The molecular formula is C17H19IO. The van der Waals surface area contributed by atoms with Gasteiger partial charge in [-0.3, -0.25) is 0 Å². The number of halogens is 1. The van der Waals surface area contributed by atoms with E-state index in [0.717, 1.165) is 10.2 Å². The van der Waals surface area contributed by atoms with Gasteiger partial charge in [-0.1, -0.05) is 65.9 Å². The lowest BCUT2D eigenvalue weighted by atomic mass is 9.93. The van der Waals surface area contributed by atoms with Crippen LogP contribution in [0.5, 0.6) is 5.75 Å². The normalized spacial score (nSPS) is 12.2. The molecule has 0 fully saturated rings.